The van der Waals surface area contributed by atoms with E-state index in [4.69, 9.17) is 5.73 Å². The number of nitrogens with two attached hydrogens (primary N) is 1. The van der Waals surface area contributed by atoms with Gasteiger partial charge in [-0.2, -0.15) is 5.10 Å². The van der Waals surface area contributed by atoms with Crippen LogP contribution < -0.4 is 5.73 Å². The van der Waals surface area contributed by atoms with Crippen molar-refractivity contribution in [2.75, 3.05) is 18.8 Å². The zero-order chi connectivity index (χ0) is 15.1. The summed E-state index contributed by atoms with van der Waals surface area (Å²) in [6.07, 6.45) is 4.90. The fourth-order valence-corrected chi connectivity index (χ4v) is 2.04. The lowest BCUT2D eigenvalue weighted by atomic mass is 10.2. The second-order valence-electron chi connectivity index (χ2n) is 4.77. The van der Waals surface area contributed by atoms with Crippen LogP contribution in [0.3, 0.4) is 0 Å². The Morgan fingerprint density at radius 3 is 2.76 bits per heavy atom. The maximum Gasteiger partial charge on any atom is 0.272 e. The van der Waals surface area contributed by atoms with Crippen molar-refractivity contribution in [1.29, 1.82) is 0 Å². The van der Waals surface area contributed by atoms with Crippen LogP contribution in [0, 0.1) is 0 Å². The van der Waals surface area contributed by atoms with Gasteiger partial charge in [-0.15, -0.1) is 0 Å². The zero-order valence-electron chi connectivity index (χ0n) is 12.1. The number of nitrogens with zero attached hydrogens (tertiary/aromatic N) is 2. The maximum absolute atomic E-state index is 12.4. The molecular weight excluding hydrogens is 264 g/mol. The van der Waals surface area contributed by atoms with Gasteiger partial charge >= 0.3 is 0 Å². The third-order valence-corrected chi connectivity index (χ3v) is 3.04. The molecule has 2 rings (SSSR count). The van der Waals surface area contributed by atoms with Gasteiger partial charge in [0.05, 0.1) is 0 Å². The number of hydrogen-bond donors (Lipinski definition) is 2. The second-order valence-corrected chi connectivity index (χ2v) is 4.77. The Morgan fingerprint density at radius 1 is 1.38 bits per heavy atom. The average Bonchev–Trinajstić information content (AvgIpc) is 2.93. The van der Waals surface area contributed by atoms with Crippen molar-refractivity contribution in [3.63, 3.8) is 0 Å². The number of hydrogen-bond acceptors (Lipinski definition) is 3. The van der Waals surface area contributed by atoms with Gasteiger partial charge in [-0.25, -0.2) is 0 Å². The molecule has 5 nitrogen and oxygen atoms in total. The third kappa shape index (κ3) is 4.21. The first-order valence-electron chi connectivity index (χ1n) is 7.02. The normalized spacial score (nSPS) is 10.9. The summed E-state index contributed by atoms with van der Waals surface area (Å²) in [6, 6.07) is 11.6. The largest absolute Gasteiger partial charge is 0.382 e. The lowest BCUT2D eigenvalue weighted by Gasteiger charge is -2.19. The van der Waals surface area contributed by atoms with Crippen LogP contribution in [0.15, 0.2) is 42.5 Å². The predicted molar refractivity (Wildman–Crippen MR) is 84.7 cm³/mol. The van der Waals surface area contributed by atoms with Crippen molar-refractivity contribution in [2.45, 2.75) is 13.3 Å². The number of aromatic nitrogens is 2. The van der Waals surface area contributed by atoms with E-state index in [-0.39, 0.29) is 5.91 Å². The fraction of sp³-hybridized carbons (Fsp3) is 0.250. The fourth-order valence-electron chi connectivity index (χ4n) is 2.04. The topological polar surface area (TPSA) is 75.0 Å². The number of rotatable bonds is 6. The molecule has 2 aromatic rings. The van der Waals surface area contributed by atoms with Crippen LogP contribution >= 0.6 is 0 Å². The van der Waals surface area contributed by atoms with Crippen LogP contribution in [0.2, 0.25) is 0 Å². The van der Waals surface area contributed by atoms with E-state index in [1.807, 2.05) is 49.4 Å². The molecule has 0 fully saturated rings. The second kappa shape index (κ2) is 7.28. The third-order valence-electron chi connectivity index (χ3n) is 3.04. The molecule has 110 valence electrons. The van der Waals surface area contributed by atoms with Crippen molar-refractivity contribution in [3.05, 3.63) is 53.7 Å². The minimum atomic E-state index is -0.0845. The summed E-state index contributed by atoms with van der Waals surface area (Å²) in [5, 5.41) is 6.46. The van der Waals surface area contributed by atoms with Gasteiger partial charge in [0.15, 0.2) is 0 Å². The summed E-state index contributed by atoms with van der Waals surface area (Å²) in [6.45, 7) is 3.29. The molecule has 1 aromatic carbocycles. The highest BCUT2D eigenvalue weighted by Gasteiger charge is 2.15. The van der Waals surface area contributed by atoms with Gasteiger partial charge in [0.25, 0.3) is 5.91 Å². The predicted octanol–water partition coefficient (Wildman–Crippen LogP) is 2.56. The SMILES string of the molecule is CCCN(C/C=C/c1ccccc1)C(=O)c1cc(N)n[nH]1. The molecule has 0 spiro atoms. The highest BCUT2D eigenvalue weighted by Crippen LogP contribution is 2.07. The molecule has 0 atom stereocenters. The van der Waals surface area contributed by atoms with Gasteiger partial charge in [-0.05, 0) is 12.0 Å². The molecule has 1 heterocycles. The Balaban J connectivity index is 2.02. The molecule has 0 aliphatic carbocycles. The number of carbonyl (C=O) groups excluding carboxylic acids is 1. The van der Waals surface area contributed by atoms with Crippen molar-refractivity contribution >= 4 is 17.8 Å². The Kier molecular flexibility index (Phi) is 5.15. The molecule has 3 N–H and O–H groups in total. The Morgan fingerprint density at radius 2 is 2.14 bits per heavy atom. The maximum atomic E-state index is 12.4. The summed E-state index contributed by atoms with van der Waals surface area (Å²) in [5.41, 5.74) is 7.08. The minimum Gasteiger partial charge on any atom is -0.382 e. The number of benzene rings is 1. The first-order chi connectivity index (χ1) is 10.2. The van der Waals surface area contributed by atoms with Gasteiger partial charge in [-0.1, -0.05) is 49.4 Å². The molecule has 5 heteroatoms. The molecular formula is C16H20N4O. The Labute approximate surface area is 124 Å². The molecule has 0 aliphatic rings. The first-order valence-corrected chi connectivity index (χ1v) is 7.02. The highest BCUT2D eigenvalue weighted by molar-refractivity contribution is 5.93. The molecule has 0 aliphatic heterocycles. The van der Waals surface area contributed by atoms with Crippen LogP contribution in [0.5, 0.6) is 0 Å². The van der Waals surface area contributed by atoms with Gasteiger partial charge in [0.2, 0.25) is 0 Å². The van der Waals surface area contributed by atoms with Crippen molar-refractivity contribution in [1.82, 2.24) is 15.1 Å². The molecule has 0 unspecified atom stereocenters. The van der Waals surface area contributed by atoms with Crippen molar-refractivity contribution < 1.29 is 4.79 Å². The summed E-state index contributed by atoms with van der Waals surface area (Å²) in [5.74, 6) is 0.244. The summed E-state index contributed by atoms with van der Waals surface area (Å²) in [4.78, 5) is 14.1. The summed E-state index contributed by atoms with van der Waals surface area (Å²) < 4.78 is 0. The summed E-state index contributed by atoms with van der Waals surface area (Å²) in [7, 11) is 0. The first kappa shape index (κ1) is 14.8. The number of aromatic amines is 1. The monoisotopic (exact) mass is 284 g/mol. The number of anilines is 1. The van der Waals surface area contributed by atoms with E-state index in [1.54, 1.807) is 11.0 Å². The van der Waals surface area contributed by atoms with Crippen LogP contribution in [0.1, 0.15) is 29.4 Å². The van der Waals surface area contributed by atoms with E-state index in [9.17, 15) is 4.79 Å². The number of carbonyl (C=O) groups is 1. The molecule has 21 heavy (non-hydrogen) atoms. The van der Waals surface area contributed by atoms with E-state index in [0.717, 1.165) is 12.0 Å². The number of H-pyrrole nitrogens is 1. The Hall–Kier alpha value is -2.56. The van der Waals surface area contributed by atoms with Gasteiger partial charge in [0.1, 0.15) is 11.5 Å². The molecule has 1 amide bonds. The van der Waals surface area contributed by atoms with E-state index < -0.39 is 0 Å². The number of nitrogen functional groups attached to an aromatic ring is 1. The average molecular weight is 284 g/mol. The zero-order valence-corrected chi connectivity index (χ0v) is 12.1. The molecule has 0 saturated heterocycles. The van der Waals surface area contributed by atoms with E-state index in [2.05, 4.69) is 10.2 Å². The van der Waals surface area contributed by atoms with E-state index in [0.29, 0.717) is 24.6 Å². The van der Waals surface area contributed by atoms with Gasteiger partial charge < -0.3 is 10.6 Å². The van der Waals surface area contributed by atoms with Crippen LogP contribution in [0.4, 0.5) is 5.82 Å². The standard InChI is InChI=1S/C16H20N4O/c1-2-10-20(16(21)14-12-15(17)19-18-14)11-6-9-13-7-4-3-5-8-13/h3-9,12H,2,10-11H2,1H3,(H3,17,18,19)/b9-6+. The van der Waals surface area contributed by atoms with Crippen LogP contribution in [-0.2, 0) is 0 Å². The lowest BCUT2D eigenvalue weighted by molar-refractivity contribution is 0.0768. The van der Waals surface area contributed by atoms with E-state index >= 15 is 0 Å². The quantitative estimate of drug-likeness (QED) is 0.856. The van der Waals surface area contributed by atoms with Gasteiger partial charge in [0, 0.05) is 19.2 Å². The number of amides is 1. The van der Waals surface area contributed by atoms with Crippen molar-refractivity contribution in [3.8, 4) is 0 Å². The number of nitrogens with one attached hydrogen (secondary N) is 1. The highest BCUT2D eigenvalue weighted by atomic mass is 16.2. The summed E-state index contributed by atoms with van der Waals surface area (Å²) >= 11 is 0. The Bertz CT molecular complexity index is 604. The molecule has 0 bridgehead atoms. The van der Waals surface area contributed by atoms with Gasteiger partial charge in [-0.3, -0.25) is 9.89 Å². The molecule has 0 saturated carbocycles. The minimum absolute atomic E-state index is 0.0845. The van der Waals surface area contributed by atoms with Crippen LogP contribution in [-0.4, -0.2) is 34.1 Å². The smallest absolute Gasteiger partial charge is 0.272 e. The van der Waals surface area contributed by atoms with E-state index in [1.165, 1.54) is 0 Å². The molecule has 1 aromatic heterocycles. The van der Waals surface area contributed by atoms with Crippen LogP contribution in [0.25, 0.3) is 6.08 Å². The lowest BCUT2D eigenvalue weighted by Crippen LogP contribution is -2.32. The molecule has 0 radical (unpaired) electrons. The van der Waals surface area contributed by atoms with Crippen molar-refractivity contribution in [2.24, 2.45) is 0 Å².